The first-order valence-electron chi connectivity index (χ1n) is 10.3. The number of hydrogen-bond acceptors (Lipinski definition) is 7. The molecule has 2 aromatic heterocycles. The fourth-order valence-electron chi connectivity index (χ4n) is 6.47. The van der Waals surface area contributed by atoms with Gasteiger partial charge in [-0.25, -0.2) is 4.79 Å². The first-order valence-corrected chi connectivity index (χ1v) is 12.0. The largest absolute Gasteiger partial charge is 0.480 e. The minimum Gasteiger partial charge on any atom is -0.480 e. The molecule has 8 unspecified atom stereocenters. The highest BCUT2D eigenvalue weighted by Gasteiger charge is 2.70. The van der Waals surface area contributed by atoms with Gasteiger partial charge in [-0.05, 0) is 42.7 Å². The SMILES string of the molecule is CC(C(=O)O)N1C(=O)C2C3CC(C2C1=O)C1C(c2cccnc2)c2sc(=O)[nH]c2SC31. The summed E-state index contributed by atoms with van der Waals surface area (Å²) >= 11 is 2.82. The van der Waals surface area contributed by atoms with Crippen molar-refractivity contribution in [1.82, 2.24) is 14.9 Å². The van der Waals surface area contributed by atoms with Gasteiger partial charge in [-0.1, -0.05) is 17.4 Å². The number of thiazole rings is 1. The van der Waals surface area contributed by atoms with Crippen LogP contribution in [0.3, 0.4) is 0 Å². The van der Waals surface area contributed by atoms with E-state index in [0.29, 0.717) is 0 Å². The Balaban J connectivity index is 1.46. The normalized spacial score (nSPS) is 36.3. The second-order valence-electron chi connectivity index (χ2n) is 8.81. The van der Waals surface area contributed by atoms with E-state index in [0.717, 1.165) is 26.8 Å². The topological polar surface area (TPSA) is 120 Å². The number of aromatic amines is 1. The van der Waals surface area contributed by atoms with E-state index in [9.17, 15) is 24.3 Å². The highest BCUT2D eigenvalue weighted by molar-refractivity contribution is 8.00. The Hall–Kier alpha value is -2.46. The Bertz CT molecular complexity index is 1180. The number of carbonyl (C=O) groups excluding carboxylic acids is 2. The Morgan fingerprint density at radius 2 is 2.00 bits per heavy atom. The fourth-order valence-corrected chi connectivity index (χ4v) is 9.35. The van der Waals surface area contributed by atoms with Gasteiger partial charge in [-0.15, -0.1) is 11.8 Å². The third-order valence-corrected chi connectivity index (χ3v) is 10.1. The zero-order chi connectivity index (χ0) is 21.6. The van der Waals surface area contributed by atoms with Crippen LogP contribution < -0.4 is 4.87 Å². The maximum Gasteiger partial charge on any atom is 0.326 e. The monoisotopic (exact) mass is 457 g/mol. The van der Waals surface area contributed by atoms with Crippen molar-refractivity contribution in [3.05, 3.63) is 44.6 Å². The Labute approximate surface area is 185 Å². The average molecular weight is 458 g/mol. The number of thioether (sulfide) groups is 1. The molecule has 2 N–H and O–H groups in total. The van der Waals surface area contributed by atoms with Gasteiger partial charge in [0.2, 0.25) is 11.8 Å². The molecule has 2 saturated carbocycles. The number of hydrogen-bond donors (Lipinski definition) is 2. The second-order valence-corrected chi connectivity index (χ2v) is 11.0. The van der Waals surface area contributed by atoms with Crippen LogP contribution in [0.1, 0.15) is 29.7 Å². The van der Waals surface area contributed by atoms with Crippen molar-refractivity contribution in [2.24, 2.45) is 29.6 Å². The molecule has 0 radical (unpaired) electrons. The van der Waals surface area contributed by atoms with E-state index >= 15 is 0 Å². The molecule has 2 amide bonds. The van der Waals surface area contributed by atoms with Crippen LogP contribution in [-0.2, 0) is 14.4 Å². The maximum atomic E-state index is 13.3. The van der Waals surface area contributed by atoms with E-state index in [1.807, 2.05) is 18.3 Å². The summed E-state index contributed by atoms with van der Waals surface area (Å²) in [5.74, 6) is -2.81. The van der Waals surface area contributed by atoms with E-state index in [1.165, 1.54) is 18.3 Å². The van der Waals surface area contributed by atoms with Crippen LogP contribution in [0.2, 0.25) is 0 Å². The molecule has 2 aromatic rings. The molecule has 4 aliphatic rings. The van der Waals surface area contributed by atoms with Gasteiger partial charge in [0, 0.05) is 28.4 Å². The lowest BCUT2D eigenvalue weighted by Crippen LogP contribution is -2.44. The van der Waals surface area contributed by atoms with Gasteiger partial charge < -0.3 is 10.1 Å². The van der Waals surface area contributed by atoms with Crippen molar-refractivity contribution >= 4 is 40.9 Å². The first kappa shape index (κ1) is 19.2. The average Bonchev–Trinajstić information content (AvgIpc) is 3.47. The molecule has 1 saturated heterocycles. The van der Waals surface area contributed by atoms with Crippen molar-refractivity contribution in [2.45, 2.75) is 35.6 Å². The number of carbonyl (C=O) groups is 3. The number of nitrogens with zero attached hydrogens (tertiary/aromatic N) is 2. The van der Waals surface area contributed by atoms with Crippen molar-refractivity contribution in [1.29, 1.82) is 0 Å². The highest BCUT2D eigenvalue weighted by atomic mass is 32.2. The molecule has 8 nitrogen and oxygen atoms in total. The number of H-pyrrole nitrogens is 1. The smallest absolute Gasteiger partial charge is 0.326 e. The molecule has 8 atom stereocenters. The molecule has 2 aliphatic carbocycles. The van der Waals surface area contributed by atoms with Crippen molar-refractivity contribution in [2.75, 3.05) is 0 Å². The maximum absolute atomic E-state index is 13.3. The number of pyridine rings is 1. The number of fused-ring (bicyclic) bond motifs is 9. The minimum atomic E-state index is -1.17. The number of carboxylic acid groups (broad SMARTS) is 1. The third kappa shape index (κ3) is 2.46. The molecule has 3 fully saturated rings. The predicted octanol–water partition coefficient (Wildman–Crippen LogP) is 1.78. The van der Waals surface area contributed by atoms with Crippen LogP contribution in [0, 0.1) is 29.6 Å². The van der Waals surface area contributed by atoms with Crippen molar-refractivity contribution < 1.29 is 19.5 Å². The van der Waals surface area contributed by atoms with Gasteiger partial charge in [0.25, 0.3) is 0 Å². The van der Waals surface area contributed by atoms with E-state index in [4.69, 9.17) is 0 Å². The van der Waals surface area contributed by atoms with Crippen LogP contribution in [0.15, 0.2) is 34.3 Å². The molecule has 6 rings (SSSR count). The van der Waals surface area contributed by atoms with E-state index in [1.54, 1.807) is 18.0 Å². The molecule has 4 heterocycles. The van der Waals surface area contributed by atoms with Gasteiger partial charge in [0.05, 0.1) is 16.9 Å². The second kappa shape index (κ2) is 6.52. The van der Waals surface area contributed by atoms with E-state index in [-0.39, 0.29) is 45.6 Å². The lowest BCUT2D eigenvalue weighted by Gasteiger charge is -2.42. The Kier molecular flexibility index (Phi) is 4.05. The zero-order valence-electron chi connectivity index (χ0n) is 16.4. The fraction of sp³-hybridized carbons (Fsp3) is 0.476. The Morgan fingerprint density at radius 1 is 1.26 bits per heavy atom. The van der Waals surface area contributed by atoms with Gasteiger partial charge in [0.1, 0.15) is 6.04 Å². The highest BCUT2D eigenvalue weighted by Crippen LogP contribution is 2.68. The molecule has 31 heavy (non-hydrogen) atoms. The molecule has 2 bridgehead atoms. The van der Waals surface area contributed by atoms with Crippen molar-refractivity contribution in [3.63, 3.8) is 0 Å². The molecule has 2 aliphatic heterocycles. The standard InChI is InChI=1S/C21H19N3O5S2/c1-7(20(27)28)24-18(25)13-9-5-10(14(13)19(24)26)15-12(9)11(8-3-2-4-22-6-8)16-17(30-15)23-21(29)31-16/h2-4,6-7,9-15H,5H2,1H3,(H,23,29)(H,27,28). The molecule has 0 aromatic carbocycles. The molecule has 160 valence electrons. The number of amides is 2. The van der Waals surface area contributed by atoms with Crippen LogP contribution in [0.5, 0.6) is 0 Å². The quantitative estimate of drug-likeness (QED) is 0.674. The number of aromatic nitrogens is 2. The summed E-state index contributed by atoms with van der Waals surface area (Å²) in [4.78, 5) is 59.2. The van der Waals surface area contributed by atoms with Crippen LogP contribution >= 0.6 is 23.1 Å². The number of carboxylic acids is 1. The van der Waals surface area contributed by atoms with E-state index in [2.05, 4.69) is 9.97 Å². The van der Waals surface area contributed by atoms with E-state index < -0.39 is 23.8 Å². The summed E-state index contributed by atoms with van der Waals surface area (Å²) in [5, 5.41) is 10.4. The predicted molar refractivity (Wildman–Crippen MR) is 112 cm³/mol. The summed E-state index contributed by atoms with van der Waals surface area (Å²) < 4.78 is 0. The van der Waals surface area contributed by atoms with Gasteiger partial charge in [0.15, 0.2) is 0 Å². The van der Waals surface area contributed by atoms with Gasteiger partial charge in [-0.3, -0.25) is 24.3 Å². The van der Waals surface area contributed by atoms with Crippen LogP contribution in [0.25, 0.3) is 0 Å². The summed E-state index contributed by atoms with van der Waals surface area (Å²) in [6.45, 7) is 1.39. The van der Waals surface area contributed by atoms with Crippen molar-refractivity contribution in [3.8, 4) is 0 Å². The summed E-state index contributed by atoms with van der Waals surface area (Å²) in [6.07, 6.45) is 4.30. The molecule has 0 spiro atoms. The van der Waals surface area contributed by atoms with Gasteiger partial charge in [-0.2, -0.15) is 0 Å². The zero-order valence-corrected chi connectivity index (χ0v) is 18.1. The summed E-state index contributed by atoms with van der Waals surface area (Å²) in [6, 6.07) is 2.71. The number of nitrogens with one attached hydrogen (secondary N) is 1. The summed E-state index contributed by atoms with van der Waals surface area (Å²) in [5.41, 5.74) is 1.01. The molecule has 10 heteroatoms. The van der Waals surface area contributed by atoms with Crippen LogP contribution in [-0.4, -0.2) is 49.0 Å². The lowest BCUT2D eigenvalue weighted by molar-refractivity contribution is -0.154. The van der Waals surface area contributed by atoms with Crippen LogP contribution in [0.4, 0.5) is 0 Å². The number of rotatable bonds is 3. The Morgan fingerprint density at radius 3 is 2.68 bits per heavy atom. The number of imide groups is 1. The first-order chi connectivity index (χ1) is 14.9. The third-order valence-electron chi connectivity index (χ3n) is 7.55. The minimum absolute atomic E-state index is 0.0110. The lowest BCUT2D eigenvalue weighted by atomic mass is 9.68. The molecular weight excluding hydrogens is 438 g/mol. The molecular formula is C21H19N3O5S2. The number of likely N-dealkylation sites (tertiary alicyclic amines) is 1. The number of aliphatic carboxylic acids is 1. The van der Waals surface area contributed by atoms with Gasteiger partial charge >= 0.3 is 10.8 Å². The summed E-state index contributed by atoms with van der Waals surface area (Å²) in [7, 11) is 0.